The highest BCUT2D eigenvalue weighted by Gasteiger charge is 2.24. The van der Waals surface area contributed by atoms with Crippen LogP contribution >= 0.6 is 0 Å². The molecule has 0 bridgehead atoms. The molecule has 1 N–H and O–H groups in total. The Hall–Kier alpha value is -0.610. The summed E-state index contributed by atoms with van der Waals surface area (Å²) < 4.78 is 11.7. The summed E-state index contributed by atoms with van der Waals surface area (Å²) in [7, 11) is 0. The number of quaternary nitrogens is 1. The number of benzene rings is 1. The van der Waals surface area contributed by atoms with Crippen molar-refractivity contribution in [3.63, 3.8) is 0 Å². The van der Waals surface area contributed by atoms with Crippen molar-refractivity contribution < 1.29 is 26.8 Å². The lowest BCUT2D eigenvalue weighted by atomic mass is 10.1. The Morgan fingerprint density at radius 1 is 1.00 bits per heavy atom. The number of rotatable bonds is 2. The highest BCUT2D eigenvalue weighted by Crippen LogP contribution is 2.17. The second-order valence-electron chi connectivity index (χ2n) is 4.98. The first-order valence-corrected chi connectivity index (χ1v) is 6.55. The molecule has 2 heterocycles. The molecule has 1 fully saturated rings. The van der Waals surface area contributed by atoms with Crippen LogP contribution in [0, 0.1) is 0 Å². The number of likely N-dealkylation sites (tertiary alicyclic amines) is 1. The molecule has 2 aliphatic heterocycles. The fourth-order valence-corrected chi connectivity index (χ4v) is 2.69. The summed E-state index contributed by atoms with van der Waals surface area (Å²) in [5, 5.41) is 0. The monoisotopic (exact) mass is 269 g/mol. The van der Waals surface area contributed by atoms with Gasteiger partial charge in [-0.25, -0.2) is 0 Å². The van der Waals surface area contributed by atoms with Crippen molar-refractivity contribution >= 4 is 0 Å². The zero-order valence-corrected chi connectivity index (χ0v) is 11.3. The van der Waals surface area contributed by atoms with Crippen LogP contribution in [-0.4, -0.2) is 25.9 Å². The molecule has 0 amide bonds. The Morgan fingerprint density at radius 2 is 1.56 bits per heavy atom. The molecule has 18 heavy (non-hydrogen) atoms. The molecule has 0 spiro atoms. The predicted molar refractivity (Wildman–Crippen MR) is 64.6 cm³/mol. The SMILES string of the molecule is [Cl-].c1ccc2c(c1)COC(C[NH+]1CCCC1)OC2. The molecule has 0 atom stereocenters. The van der Waals surface area contributed by atoms with E-state index in [0.29, 0.717) is 13.2 Å². The molecule has 4 heteroatoms. The molecule has 0 radical (unpaired) electrons. The zero-order valence-electron chi connectivity index (χ0n) is 10.5. The molecule has 100 valence electrons. The maximum atomic E-state index is 5.85. The van der Waals surface area contributed by atoms with Gasteiger partial charge < -0.3 is 26.8 Å². The molecular formula is C14H20ClNO2. The smallest absolute Gasteiger partial charge is 0.208 e. The van der Waals surface area contributed by atoms with Crippen molar-refractivity contribution in [2.45, 2.75) is 32.3 Å². The van der Waals surface area contributed by atoms with Crippen molar-refractivity contribution in [3.05, 3.63) is 35.4 Å². The fraction of sp³-hybridized carbons (Fsp3) is 0.571. The van der Waals surface area contributed by atoms with E-state index in [0.717, 1.165) is 6.54 Å². The van der Waals surface area contributed by atoms with Gasteiger partial charge in [-0.2, -0.15) is 0 Å². The van der Waals surface area contributed by atoms with Crippen LogP contribution in [0.2, 0.25) is 0 Å². The minimum atomic E-state index is -0.0319. The minimum absolute atomic E-state index is 0. The van der Waals surface area contributed by atoms with Crippen LogP contribution in [0.25, 0.3) is 0 Å². The number of ether oxygens (including phenoxy) is 2. The molecule has 0 aliphatic carbocycles. The number of nitrogens with one attached hydrogen (secondary N) is 1. The number of hydrogen-bond donors (Lipinski definition) is 1. The van der Waals surface area contributed by atoms with E-state index in [1.807, 2.05) is 0 Å². The van der Waals surface area contributed by atoms with E-state index in [4.69, 9.17) is 9.47 Å². The van der Waals surface area contributed by atoms with Gasteiger partial charge in [0.15, 0.2) is 0 Å². The first-order valence-electron chi connectivity index (χ1n) is 6.55. The van der Waals surface area contributed by atoms with Gasteiger partial charge >= 0.3 is 0 Å². The molecule has 0 aromatic heterocycles. The highest BCUT2D eigenvalue weighted by atomic mass is 35.5. The van der Waals surface area contributed by atoms with Gasteiger partial charge in [0.1, 0.15) is 6.54 Å². The highest BCUT2D eigenvalue weighted by molar-refractivity contribution is 5.26. The molecule has 3 rings (SSSR count). The Bertz CT molecular complexity index is 353. The van der Waals surface area contributed by atoms with E-state index < -0.39 is 0 Å². The van der Waals surface area contributed by atoms with Gasteiger partial charge in [-0.3, -0.25) is 0 Å². The lowest BCUT2D eigenvalue weighted by Crippen LogP contribution is -3.11. The summed E-state index contributed by atoms with van der Waals surface area (Å²) in [6.07, 6.45) is 2.67. The summed E-state index contributed by atoms with van der Waals surface area (Å²) >= 11 is 0. The predicted octanol–water partition coefficient (Wildman–Crippen LogP) is -2.26. The third kappa shape index (κ3) is 3.23. The fourth-order valence-electron chi connectivity index (χ4n) is 2.69. The molecule has 2 aliphatic rings. The second-order valence-corrected chi connectivity index (χ2v) is 4.98. The Labute approximate surface area is 114 Å². The molecule has 1 aromatic rings. The van der Waals surface area contributed by atoms with Gasteiger partial charge in [-0.05, 0) is 11.1 Å². The Morgan fingerprint density at radius 3 is 2.11 bits per heavy atom. The van der Waals surface area contributed by atoms with Crippen LogP contribution in [0.15, 0.2) is 24.3 Å². The van der Waals surface area contributed by atoms with E-state index in [-0.39, 0.29) is 18.7 Å². The lowest BCUT2D eigenvalue weighted by Gasteiger charge is -2.19. The molecule has 1 aromatic carbocycles. The molecule has 0 saturated carbocycles. The van der Waals surface area contributed by atoms with Gasteiger partial charge in [0.2, 0.25) is 6.29 Å². The minimum Gasteiger partial charge on any atom is -1.00 e. The molecule has 0 unspecified atom stereocenters. The third-order valence-corrected chi connectivity index (χ3v) is 3.73. The number of halogens is 1. The number of fused-ring (bicyclic) bond motifs is 1. The van der Waals surface area contributed by atoms with Gasteiger partial charge in [0, 0.05) is 12.8 Å². The zero-order chi connectivity index (χ0) is 11.5. The maximum absolute atomic E-state index is 5.85. The molecule has 1 saturated heterocycles. The van der Waals surface area contributed by atoms with Crippen molar-refractivity contribution in [1.82, 2.24) is 0 Å². The number of hydrogen-bond acceptors (Lipinski definition) is 2. The summed E-state index contributed by atoms with van der Waals surface area (Å²) in [5.41, 5.74) is 2.54. The quantitative estimate of drug-likeness (QED) is 0.655. The van der Waals surface area contributed by atoms with Crippen molar-refractivity contribution in [2.24, 2.45) is 0 Å². The van der Waals surface area contributed by atoms with E-state index in [2.05, 4.69) is 24.3 Å². The van der Waals surface area contributed by atoms with E-state index in [1.54, 1.807) is 4.90 Å². The lowest BCUT2D eigenvalue weighted by molar-refractivity contribution is -0.893. The second kappa shape index (κ2) is 6.53. The summed E-state index contributed by atoms with van der Waals surface area (Å²) in [6.45, 7) is 4.92. The van der Waals surface area contributed by atoms with Crippen LogP contribution in [0.4, 0.5) is 0 Å². The first kappa shape index (κ1) is 13.8. The standard InChI is InChI=1S/C14H19NO2.ClH/c1-2-6-13-11-17-14(16-10-12(13)5-1)9-15-7-3-4-8-15;/h1-2,5-6,14H,3-4,7-11H2;1H. The summed E-state index contributed by atoms with van der Waals surface area (Å²) in [6, 6.07) is 8.38. The van der Waals surface area contributed by atoms with E-state index in [9.17, 15) is 0 Å². The van der Waals surface area contributed by atoms with Crippen LogP contribution < -0.4 is 17.3 Å². The first-order chi connectivity index (χ1) is 8.42. The largest absolute Gasteiger partial charge is 1.00 e. The maximum Gasteiger partial charge on any atom is 0.208 e. The van der Waals surface area contributed by atoms with Crippen molar-refractivity contribution in [3.8, 4) is 0 Å². The van der Waals surface area contributed by atoms with Crippen LogP contribution in [0.1, 0.15) is 24.0 Å². The average molecular weight is 270 g/mol. The van der Waals surface area contributed by atoms with Gasteiger partial charge in [-0.15, -0.1) is 0 Å². The Balaban J connectivity index is 0.00000120. The molecule has 3 nitrogen and oxygen atoms in total. The summed E-state index contributed by atoms with van der Waals surface area (Å²) in [4.78, 5) is 1.63. The van der Waals surface area contributed by atoms with Crippen LogP contribution in [0.3, 0.4) is 0 Å². The third-order valence-electron chi connectivity index (χ3n) is 3.73. The van der Waals surface area contributed by atoms with Crippen molar-refractivity contribution in [1.29, 1.82) is 0 Å². The normalized spacial score (nSPS) is 21.1. The summed E-state index contributed by atoms with van der Waals surface area (Å²) in [5.74, 6) is 0. The van der Waals surface area contributed by atoms with Crippen LogP contribution in [-0.2, 0) is 22.7 Å². The van der Waals surface area contributed by atoms with Gasteiger partial charge in [-0.1, -0.05) is 24.3 Å². The van der Waals surface area contributed by atoms with E-state index in [1.165, 1.54) is 37.1 Å². The average Bonchev–Trinajstić information content (AvgIpc) is 2.78. The topological polar surface area (TPSA) is 22.9 Å². The van der Waals surface area contributed by atoms with Gasteiger partial charge in [0.25, 0.3) is 0 Å². The Kier molecular flexibility index (Phi) is 5.01. The van der Waals surface area contributed by atoms with E-state index >= 15 is 0 Å². The molecular weight excluding hydrogens is 250 g/mol. The van der Waals surface area contributed by atoms with Crippen LogP contribution in [0.5, 0.6) is 0 Å². The van der Waals surface area contributed by atoms with Gasteiger partial charge in [0.05, 0.1) is 26.3 Å². The van der Waals surface area contributed by atoms with Crippen molar-refractivity contribution in [2.75, 3.05) is 19.6 Å².